The van der Waals surface area contributed by atoms with Crippen molar-refractivity contribution >= 4 is 28.9 Å². The molecule has 0 bridgehead atoms. The number of carbonyl (C=O) groups excluding carboxylic acids is 1. The highest BCUT2D eigenvalue weighted by molar-refractivity contribution is 6.24. The molecule has 1 aromatic carbocycles. The zero-order valence-electron chi connectivity index (χ0n) is 9.46. The van der Waals surface area contributed by atoms with E-state index in [0.717, 1.165) is 16.8 Å². The standard InChI is InChI=1S/C12H15ClN2O/c1-7-3-8(2)12(10(14)4-7)15-6-9(13)5-11(15)16/h3-4,9H,5-6,14H2,1-2H3. The summed E-state index contributed by atoms with van der Waals surface area (Å²) in [5.41, 5.74) is 9.57. The molecule has 1 amide bonds. The lowest BCUT2D eigenvalue weighted by Crippen LogP contribution is -2.26. The molecule has 1 heterocycles. The fourth-order valence-corrected chi connectivity index (χ4v) is 2.51. The summed E-state index contributed by atoms with van der Waals surface area (Å²) >= 11 is 5.98. The Hall–Kier alpha value is -1.22. The van der Waals surface area contributed by atoms with Gasteiger partial charge in [-0.2, -0.15) is 0 Å². The van der Waals surface area contributed by atoms with Gasteiger partial charge in [0.1, 0.15) is 0 Å². The van der Waals surface area contributed by atoms with Gasteiger partial charge in [0.25, 0.3) is 0 Å². The molecule has 2 rings (SSSR count). The number of amides is 1. The number of benzene rings is 1. The van der Waals surface area contributed by atoms with Gasteiger partial charge in [-0.15, -0.1) is 11.6 Å². The lowest BCUT2D eigenvalue weighted by molar-refractivity contribution is -0.117. The molecule has 3 nitrogen and oxygen atoms in total. The molecule has 0 saturated carbocycles. The maximum absolute atomic E-state index is 11.8. The van der Waals surface area contributed by atoms with E-state index in [9.17, 15) is 4.79 Å². The summed E-state index contributed by atoms with van der Waals surface area (Å²) in [5, 5.41) is -0.104. The van der Waals surface area contributed by atoms with Gasteiger partial charge in [0.15, 0.2) is 0 Å². The number of hydrogen-bond acceptors (Lipinski definition) is 2. The zero-order chi connectivity index (χ0) is 11.9. The number of nitrogens with two attached hydrogens (primary N) is 1. The molecule has 86 valence electrons. The molecule has 0 aromatic heterocycles. The number of halogens is 1. The quantitative estimate of drug-likeness (QED) is 0.603. The Labute approximate surface area is 100 Å². The predicted molar refractivity (Wildman–Crippen MR) is 66.9 cm³/mol. The number of aryl methyl sites for hydroxylation is 2. The Morgan fingerprint density at radius 2 is 2.12 bits per heavy atom. The molecule has 16 heavy (non-hydrogen) atoms. The Morgan fingerprint density at radius 3 is 2.62 bits per heavy atom. The topological polar surface area (TPSA) is 46.3 Å². The molecule has 1 saturated heterocycles. The lowest BCUT2D eigenvalue weighted by atomic mass is 10.1. The van der Waals surface area contributed by atoms with E-state index in [1.54, 1.807) is 4.90 Å². The monoisotopic (exact) mass is 238 g/mol. The third-order valence-electron chi connectivity index (χ3n) is 2.82. The molecule has 2 N–H and O–H groups in total. The van der Waals surface area contributed by atoms with Crippen molar-refractivity contribution in [3.63, 3.8) is 0 Å². The van der Waals surface area contributed by atoms with E-state index < -0.39 is 0 Å². The molecule has 0 aliphatic carbocycles. The molecule has 4 heteroatoms. The maximum Gasteiger partial charge on any atom is 0.228 e. The van der Waals surface area contributed by atoms with Gasteiger partial charge in [-0.3, -0.25) is 4.79 Å². The van der Waals surface area contributed by atoms with Crippen LogP contribution < -0.4 is 10.6 Å². The first kappa shape index (κ1) is 11.3. The first-order chi connectivity index (χ1) is 7.49. The number of alkyl halides is 1. The molecule has 1 aliphatic heterocycles. The van der Waals surface area contributed by atoms with Crippen molar-refractivity contribution in [1.29, 1.82) is 0 Å². The summed E-state index contributed by atoms with van der Waals surface area (Å²) in [4.78, 5) is 13.5. The highest BCUT2D eigenvalue weighted by Crippen LogP contribution is 2.33. The molecule has 1 unspecified atom stereocenters. The van der Waals surface area contributed by atoms with Crippen LogP contribution in [-0.4, -0.2) is 17.8 Å². The van der Waals surface area contributed by atoms with Crippen LogP contribution in [0.15, 0.2) is 12.1 Å². The van der Waals surface area contributed by atoms with Gasteiger partial charge in [0.2, 0.25) is 5.91 Å². The minimum Gasteiger partial charge on any atom is -0.397 e. The molecule has 1 aliphatic rings. The summed E-state index contributed by atoms with van der Waals surface area (Å²) < 4.78 is 0. The average Bonchev–Trinajstić information content (AvgIpc) is 2.43. The van der Waals surface area contributed by atoms with Crippen LogP contribution in [0.1, 0.15) is 17.5 Å². The van der Waals surface area contributed by atoms with E-state index in [1.165, 1.54) is 0 Å². The minimum atomic E-state index is -0.104. The fourth-order valence-electron chi connectivity index (χ4n) is 2.24. The SMILES string of the molecule is Cc1cc(C)c(N2CC(Cl)CC2=O)c(N)c1. The number of hydrogen-bond donors (Lipinski definition) is 1. The largest absolute Gasteiger partial charge is 0.397 e. The summed E-state index contributed by atoms with van der Waals surface area (Å²) in [5.74, 6) is 0.0543. The lowest BCUT2D eigenvalue weighted by Gasteiger charge is -2.21. The molecular weight excluding hydrogens is 224 g/mol. The summed E-state index contributed by atoms with van der Waals surface area (Å²) in [6.45, 7) is 4.51. The van der Waals surface area contributed by atoms with Crippen LogP contribution in [0.5, 0.6) is 0 Å². The van der Waals surface area contributed by atoms with E-state index in [0.29, 0.717) is 18.7 Å². The first-order valence-electron chi connectivity index (χ1n) is 5.30. The fraction of sp³-hybridized carbons (Fsp3) is 0.417. The number of anilines is 2. The Balaban J connectivity index is 2.44. The smallest absolute Gasteiger partial charge is 0.228 e. The van der Waals surface area contributed by atoms with Gasteiger partial charge < -0.3 is 10.6 Å². The van der Waals surface area contributed by atoms with Crippen LogP contribution in [-0.2, 0) is 4.79 Å². The molecule has 1 atom stereocenters. The second-order valence-corrected chi connectivity index (χ2v) is 4.94. The van der Waals surface area contributed by atoms with Crippen molar-refractivity contribution in [2.75, 3.05) is 17.2 Å². The van der Waals surface area contributed by atoms with Gasteiger partial charge in [-0.1, -0.05) is 6.07 Å². The first-order valence-corrected chi connectivity index (χ1v) is 5.74. The molecular formula is C12H15ClN2O. The van der Waals surface area contributed by atoms with E-state index >= 15 is 0 Å². The number of nitrogens with zero attached hydrogens (tertiary/aromatic N) is 1. The van der Waals surface area contributed by atoms with Crippen molar-refractivity contribution in [1.82, 2.24) is 0 Å². The van der Waals surface area contributed by atoms with Crippen molar-refractivity contribution in [3.8, 4) is 0 Å². The van der Waals surface area contributed by atoms with Crippen molar-refractivity contribution in [2.45, 2.75) is 25.6 Å². The summed E-state index contributed by atoms with van der Waals surface area (Å²) in [6, 6.07) is 3.91. The van der Waals surface area contributed by atoms with Crippen LogP contribution in [0.2, 0.25) is 0 Å². The van der Waals surface area contributed by atoms with Gasteiger partial charge in [-0.25, -0.2) is 0 Å². The number of rotatable bonds is 1. The van der Waals surface area contributed by atoms with Crippen molar-refractivity contribution in [3.05, 3.63) is 23.3 Å². The highest BCUT2D eigenvalue weighted by Gasteiger charge is 2.31. The van der Waals surface area contributed by atoms with Crippen LogP contribution >= 0.6 is 11.6 Å². The molecule has 1 aromatic rings. The second-order valence-electron chi connectivity index (χ2n) is 4.33. The van der Waals surface area contributed by atoms with E-state index in [4.69, 9.17) is 17.3 Å². The number of nitrogen functional groups attached to an aromatic ring is 1. The average molecular weight is 239 g/mol. The second kappa shape index (κ2) is 3.98. The van der Waals surface area contributed by atoms with Gasteiger partial charge >= 0.3 is 0 Å². The van der Waals surface area contributed by atoms with E-state index in [-0.39, 0.29) is 11.3 Å². The van der Waals surface area contributed by atoms with Crippen LogP contribution in [0.25, 0.3) is 0 Å². The minimum absolute atomic E-state index is 0.0543. The maximum atomic E-state index is 11.8. The summed E-state index contributed by atoms with van der Waals surface area (Å²) in [6.07, 6.45) is 0.397. The normalized spacial score (nSPS) is 20.6. The Kier molecular flexibility index (Phi) is 2.80. The third-order valence-corrected chi connectivity index (χ3v) is 3.11. The highest BCUT2D eigenvalue weighted by atomic mass is 35.5. The van der Waals surface area contributed by atoms with Crippen LogP contribution in [0.4, 0.5) is 11.4 Å². The van der Waals surface area contributed by atoms with Gasteiger partial charge in [0, 0.05) is 13.0 Å². The predicted octanol–water partition coefficient (Wildman–Crippen LogP) is 2.23. The molecule has 1 fully saturated rings. The Bertz CT molecular complexity index is 422. The third kappa shape index (κ3) is 1.87. The van der Waals surface area contributed by atoms with Crippen LogP contribution in [0.3, 0.4) is 0 Å². The van der Waals surface area contributed by atoms with E-state index in [2.05, 4.69) is 0 Å². The number of carbonyl (C=O) groups is 1. The van der Waals surface area contributed by atoms with Crippen molar-refractivity contribution in [2.24, 2.45) is 0 Å². The molecule has 0 spiro atoms. The Morgan fingerprint density at radius 1 is 1.44 bits per heavy atom. The molecule has 0 radical (unpaired) electrons. The summed E-state index contributed by atoms with van der Waals surface area (Å²) in [7, 11) is 0. The van der Waals surface area contributed by atoms with Crippen molar-refractivity contribution < 1.29 is 4.79 Å². The van der Waals surface area contributed by atoms with Gasteiger partial charge in [0.05, 0.1) is 16.8 Å². The van der Waals surface area contributed by atoms with Crippen LogP contribution in [0, 0.1) is 13.8 Å². The van der Waals surface area contributed by atoms with Gasteiger partial charge in [-0.05, 0) is 31.0 Å². The van der Waals surface area contributed by atoms with E-state index in [1.807, 2.05) is 26.0 Å². The zero-order valence-corrected chi connectivity index (χ0v) is 10.2.